The molecule has 10 heteroatoms. The van der Waals surface area contributed by atoms with E-state index in [9.17, 15) is 9.59 Å². The van der Waals surface area contributed by atoms with E-state index in [0.717, 1.165) is 31.5 Å². The molecule has 4 rings (SSSR count). The zero-order valence-corrected chi connectivity index (χ0v) is 17.2. The monoisotopic (exact) mass is 410 g/mol. The van der Waals surface area contributed by atoms with E-state index in [4.69, 9.17) is 0 Å². The van der Waals surface area contributed by atoms with Crippen molar-refractivity contribution < 1.29 is 9.59 Å². The van der Waals surface area contributed by atoms with Gasteiger partial charge in [0.2, 0.25) is 0 Å². The topological polar surface area (TPSA) is 109 Å². The molecule has 0 aliphatic carbocycles. The highest BCUT2D eigenvalue weighted by Crippen LogP contribution is 2.12. The van der Waals surface area contributed by atoms with Crippen LogP contribution in [0.1, 0.15) is 54.5 Å². The Bertz CT molecular complexity index is 1050. The lowest BCUT2D eigenvalue weighted by Crippen LogP contribution is -2.37. The highest BCUT2D eigenvalue weighted by atomic mass is 16.2. The van der Waals surface area contributed by atoms with Gasteiger partial charge in [-0.25, -0.2) is 14.3 Å². The van der Waals surface area contributed by atoms with Crippen molar-refractivity contribution in [3.63, 3.8) is 0 Å². The average molecular weight is 410 g/mol. The summed E-state index contributed by atoms with van der Waals surface area (Å²) in [6.45, 7) is 6.19. The largest absolute Gasteiger partial charge is 0.345 e. The van der Waals surface area contributed by atoms with Gasteiger partial charge in [0.05, 0.1) is 24.6 Å². The van der Waals surface area contributed by atoms with Crippen molar-refractivity contribution in [3.8, 4) is 0 Å². The second-order valence-electron chi connectivity index (χ2n) is 7.70. The molecule has 1 aliphatic rings. The van der Waals surface area contributed by atoms with E-state index in [-0.39, 0.29) is 24.5 Å². The van der Waals surface area contributed by atoms with Crippen LogP contribution >= 0.6 is 0 Å². The smallest absolute Gasteiger partial charge is 0.317 e. The van der Waals surface area contributed by atoms with Gasteiger partial charge >= 0.3 is 6.03 Å². The Balaban J connectivity index is 1.43. The third kappa shape index (κ3) is 4.27. The Hall–Kier alpha value is -3.43. The fraction of sp³-hybridized carbons (Fsp3) is 0.450. The predicted molar refractivity (Wildman–Crippen MR) is 110 cm³/mol. The minimum absolute atomic E-state index is 0.0419. The van der Waals surface area contributed by atoms with Crippen molar-refractivity contribution >= 4 is 17.6 Å². The molecule has 0 unspecified atom stereocenters. The molecule has 3 amide bonds. The highest BCUT2D eigenvalue weighted by molar-refractivity contribution is 5.92. The maximum atomic E-state index is 12.5. The van der Waals surface area contributed by atoms with Crippen LogP contribution < -0.4 is 10.6 Å². The van der Waals surface area contributed by atoms with Crippen LogP contribution in [-0.4, -0.2) is 54.3 Å². The Labute approximate surface area is 174 Å². The fourth-order valence-electron chi connectivity index (χ4n) is 3.51. The average Bonchev–Trinajstić information content (AvgIpc) is 3.32. The molecule has 3 aromatic rings. The normalized spacial score (nSPS) is 14.8. The molecular formula is C20H26N8O2. The fourth-order valence-corrected chi connectivity index (χ4v) is 3.51. The molecule has 0 bridgehead atoms. The first-order chi connectivity index (χ1) is 14.5. The van der Waals surface area contributed by atoms with Crippen LogP contribution in [0.15, 0.2) is 30.7 Å². The first kappa shape index (κ1) is 19.9. The van der Waals surface area contributed by atoms with Crippen molar-refractivity contribution in [1.29, 1.82) is 0 Å². The number of aromatic nitrogens is 5. The van der Waals surface area contributed by atoms with Crippen LogP contribution in [0.3, 0.4) is 0 Å². The Morgan fingerprint density at radius 2 is 2.17 bits per heavy atom. The third-order valence-electron chi connectivity index (χ3n) is 5.04. The molecule has 1 aliphatic heterocycles. The maximum absolute atomic E-state index is 12.5. The SMILES string of the molecule is CC(C)n1nccc1C(=O)NCc1cn2ncc(CN3CCCCNC3=O)cc2n1. The molecule has 3 aromatic heterocycles. The lowest BCUT2D eigenvalue weighted by atomic mass is 10.2. The number of hydrogen-bond donors (Lipinski definition) is 2. The number of hydrogen-bond acceptors (Lipinski definition) is 5. The number of carbonyl (C=O) groups excluding carboxylic acids is 2. The van der Waals surface area contributed by atoms with Crippen molar-refractivity contribution in [2.45, 2.75) is 45.8 Å². The molecule has 10 nitrogen and oxygen atoms in total. The molecule has 158 valence electrons. The summed E-state index contributed by atoms with van der Waals surface area (Å²) in [5.41, 5.74) is 2.82. The van der Waals surface area contributed by atoms with E-state index in [1.807, 2.05) is 19.9 Å². The zero-order chi connectivity index (χ0) is 21.1. The van der Waals surface area contributed by atoms with Crippen molar-refractivity contribution in [1.82, 2.24) is 39.9 Å². The summed E-state index contributed by atoms with van der Waals surface area (Å²) in [7, 11) is 0. The summed E-state index contributed by atoms with van der Waals surface area (Å²) in [4.78, 5) is 31.0. The molecule has 30 heavy (non-hydrogen) atoms. The van der Waals surface area contributed by atoms with E-state index in [2.05, 4.69) is 25.8 Å². The molecule has 2 N–H and O–H groups in total. The van der Waals surface area contributed by atoms with Crippen LogP contribution in [0.2, 0.25) is 0 Å². The summed E-state index contributed by atoms with van der Waals surface area (Å²) in [5, 5.41) is 14.4. The van der Waals surface area contributed by atoms with Crippen molar-refractivity contribution in [2.75, 3.05) is 13.1 Å². The van der Waals surface area contributed by atoms with Gasteiger partial charge in [-0.2, -0.15) is 10.2 Å². The van der Waals surface area contributed by atoms with Gasteiger partial charge in [0, 0.05) is 31.9 Å². The number of nitrogens with zero attached hydrogens (tertiary/aromatic N) is 6. The van der Waals surface area contributed by atoms with Crippen LogP contribution in [0.4, 0.5) is 4.79 Å². The van der Waals surface area contributed by atoms with Gasteiger partial charge in [-0.1, -0.05) is 0 Å². The van der Waals surface area contributed by atoms with E-state index in [0.29, 0.717) is 23.6 Å². The second kappa shape index (κ2) is 8.52. The van der Waals surface area contributed by atoms with Gasteiger partial charge in [0.25, 0.3) is 5.91 Å². The molecular weight excluding hydrogens is 384 g/mol. The number of nitrogens with one attached hydrogen (secondary N) is 2. The molecule has 0 radical (unpaired) electrons. The van der Waals surface area contributed by atoms with Crippen LogP contribution in [0, 0.1) is 0 Å². The van der Waals surface area contributed by atoms with Crippen LogP contribution in [-0.2, 0) is 13.1 Å². The third-order valence-corrected chi connectivity index (χ3v) is 5.04. The van der Waals surface area contributed by atoms with E-state index >= 15 is 0 Å². The summed E-state index contributed by atoms with van der Waals surface area (Å²) in [6, 6.07) is 3.68. The molecule has 0 aromatic carbocycles. The van der Waals surface area contributed by atoms with E-state index in [1.54, 1.807) is 38.8 Å². The molecule has 4 heterocycles. The lowest BCUT2D eigenvalue weighted by Gasteiger charge is -2.19. The van der Waals surface area contributed by atoms with Gasteiger partial charge in [-0.3, -0.25) is 9.48 Å². The first-order valence-corrected chi connectivity index (χ1v) is 10.2. The Kier molecular flexibility index (Phi) is 5.64. The molecule has 0 spiro atoms. The van der Waals surface area contributed by atoms with Gasteiger partial charge < -0.3 is 15.5 Å². The van der Waals surface area contributed by atoms with E-state index < -0.39 is 0 Å². The van der Waals surface area contributed by atoms with Crippen LogP contribution in [0.25, 0.3) is 5.65 Å². The maximum Gasteiger partial charge on any atom is 0.317 e. The van der Waals surface area contributed by atoms with Crippen LogP contribution in [0.5, 0.6) is 0 Å². The number of rotatable bonds is 6. The van der Waals surface area contributed by atoms with E-state index in [1.165, 1.54) is 0 Å². The number of carbonyl (C=O) groups is 2. The number of urea groups is 1. The number of imidazole rings is 1. The lowest BCUT2D eigenvalue weighted by molar-refractivity contribution is 0.0937. The van der Waals surface area contributed by atoms with Gasteiger partial charge in [-0.05, 0) is 44.4 Å². The molecule has 0 atom stereocenters. The van der Waals surface area contributed by atoms with Gasteiger partial charge in [0.1, 0.15) is 5.69 Å². The standard InChI is InChI=1S/C20H26N8O2/c1-14(2)28-17(5-7-23-28)19(29)22-11-16-13-27-18(25-16)9-15(10-24-27)12-26-8-4-3-6-21-20(26)30/h5,7,9-10,13-14H,3-4,6,8,11-12H2,1-2H3,(H,21,30)(H,22,29). The highest BCUT2D eigenvalue weighted by Gasteiger charge is 2.17. The predicted octanol–water partition coefficient (Wildman–Crippen LogP) is 1.74. The van der Waals surface area contributed by atoms with Gasteiger partial charge in [0.15, 0.2) is 5.65 Å². The van der Waals surface area contributed by atoms with Gasteiger partial charge in [-0.15, -0.1) is 0 Å². The minimum atomic E-state index is -0.195. The summed E-state index contributed by atoms with van der Waals surface area (Å²) >= 11 is 0. The zero-order valence-electron chi connectivity index (χ0n) is 17.2. The quantitative estimate of drug-likeness (QED) is 0.643. The number of amides is 3. The molecule has 1 fully saturated rings. The number of fused-ring (bicyclic) bond motifs is 1. The summed E-state index contributed by atoms with van der Waals surface area (Å²) < 4.78 is 3.36. The Morgan fingerprint density at radius 1 is 1.30 bits per heavy atom. The molecule has 0 saturated carbocycles. The summed E-state index contributed by atoms with van der Waals surface area (Å²) in [6.07, 6.45) is 7.13. The van der Waals surface area contributed by atoms with Crippen molar-refractivity contribution in [2.24, 2.45) is 0 Å². The minimum Gasteiger partial charge on any atom is -0.345 e. The summed E-state index contributed by atoms with van der Waals surface area (Å²) in [5.74, 6) is -0.195. The molecule has 1 saturated heterocycles. The first-order valence-electron chi connectivity index (χ1n) is 10.2. The second-order valence-corrected chi connectivity index (χ2v) is 7.70. The van der Waals surface area contributed by atoms with Crippen molar-refractivity contribution in [3.05, 3.63) is 47.7 Å². The Morgan fingerprint density at radius 3 is 3.00 bits per heavy atom.